The highest BCUT2D eigenvalue weighted by molar-refractivity contribution is 6.08. The van der Waals surface area contributed by atoms with E-state index in [1.807, 2.05) is 30.3 Å². The van der Waals surface area contributed by atoms with Crippen LogP contribution in [-0.2, 0) is 0 Å². The Labute approximate surface area is 114 Å². The van der Waals surface area contributed by atoms with Gasteiger partial charge in [0.2, 0.25) is 0 Å². The Bertz CT molecular complexity index is 551. The van der Waals surface area contributed by atoms with Gasteiger partial charge in [0.05, 0.1) is 5.52 Å². The van der Waals surface area contributed by atoms with Gasteiger partial charge in [-0.15, -0.1) is 0 Å². The summed E-state index contributed by atoms with van der Waals surface area (Å²) in [6.07, 6.45) is 5.83. The molecule has 0 bridgehead atoms. The van der Waals surface area contributed by atoms with Crippen LogP contribution in [0.15, 0.2) is 36.5 Å². The van der Waals surface area contributed by atoms with Gasteiger partial charge in [-0.2, -0.15) is 0 Å². The zero-order chi connectivity index (χ0) is 13.7. The summed E-state index contributed by atoms with van der Waals surface area (Å²) in [5, 5.41) is 0.979. The highest BCUT2D eigenvalue weighted by Gasteiger charge is 2.20. The molecule has 0 fully saturated rings. The molecule has 0 aliphatic heterocycles. The molecular formula is C17H21NO. The highest BCUT2D eigenvalue weighted by Crippen LogP contribution is 2.24. The van der Waals surface area contributed by atoms with Crippen LogP contribution >= 0.6 is 0 Å². The third-order valence-electron chi connectivity index (χ3n) is 3.56. The van der Waals surface area contributed by atoms with E-state index in [9.17, 15) is 4.79 Å². The zero-order valence-electron chi connectivity index (χ0n) is 11.7. The number of carbonyl (C=O) groups is 1. The first-order chi connectivity index (χ1) is 9.27. The summed E-state index contributed by atoms with van der Waals surface area (Å²) < 4.78 is 0. The SMILES string of the molecule is CCCC(CCC)C(=O)c1cccc2ncccc12. The molecule has 1 heterocycles. The van der Waals surface area contributed by atoms with Gasteiger partial charge < -0.3 is 0 Å². The summed E-state index contributed by atoms with van der Waals surface area (Å²) in [6, 6.07) is 9.71. The van der Waals surface area contributed by atoms with Crippen molar-refractivity contribution < 1.29 is 4.79 Å². The van der Waals surface area contributed by atoms with E-state index in [4.69, 9.17) is 0 Å². The molecule has 100 valence electrons. The van der Waals surface area contributed by atoms with E-state index in [0.29, 0.717) is 0 Å². The molecule has 0 saturated heterocycles. The number of fused-ring (bicyclic) bond motifs is 1. The molecular weight excluding hydrogens is 234 g/mol. The molecule has 1 aromatic carbocycles. The Kier molecular flexibility index (Phi) is 4.67. The number of pyridine rings is 1. The summed E-state index contributed by atoms with van der Waals surface area (Å²) >= 11 is 0. The highest BCUT2D eigenvalue weighted by atomic mass is 16.1. The van der Waals surface area contributed by atoms with Crippen LogP contribution < -0.4 is 0 Å². The third kappa shape index (κ3) is 3.01. The summed E-state index contributed by atoms with van der Waals surface area (Å²) in [6.45, 7) is 4.28. The quantitative estimate of drug-likeness (QED) is 0.704. The number of aromatic nitrogens is 1. The van der Waals surface area contributed by atoms with Crippen LogP contribution in [0.1, 0.15) is 49.9 Å². The van der Waals surface area contributed by atoms with Gasteiger partial charge in [0.25, 0.3) is 0 Å². The van der Waals surface area contributed by atoms with Gasteiger partial charge in [0.15, 0.2) is 5.78 Å². The molecule has 0 radical (unpaired) electrons. The number of ketones is 1. The minimum absolute atomic E-state index is 0.154. The third-order valence-corrected chi connectivity index (χ3v) is 3.56. The maximum Gasteiger partial charge on any atom is 0.166 e. The summed E-state index contributed by atoms with van der Waals surface area (Å²) in [5.41, 5.74) is 1.73. The average molecular weight is 255 g/mol. The van der Waals surface area contributed by atoms with Crippen molar-refractivity contribution in [2.24, 2.45) is 5.92 Å². The number of benzene rings is 1. The van der Waals surface area contributed by atoms with Crippen molar-refractivity contribution in [2.45, 2.75) is 39.5 Å². The van der Waals surface area contributed by atoms with E-state index in [1.54, 1.807) is 6.20 Å². The Morgan fingerprint density at radius 2 is 1.84 bits per heavy atom. The van der Waals surface area contributed by atoms with Crippen molar-refractivity contribution in [1.82, 2.24) is 4.98 Å². The molecule has 0 unspecified atom stereocenters. The summed E-state index contributed by atoms with van der Waals surface area (Å²) in [4.78, 5) is 17.0. The first-order valence-corrected chi connectivity index (χ1v) is 7.15. The second-order valence-corrected chi connectivity index (χ2v) is 5.01. The fourth-order valence-corrected chi connectivity index (χ4v) is 2.64. The van der Waals surface area contributed by atoms with Gasteiger partial charge in [0.1, 0.15) is 0 Å². The van der Waals surface area contributed by atoms with E-state index in [-0.39, 0.29) is 11.7 Å². The van der Waals surface area contributed by atoms with Gasteiger partial charge in [-0.1, -0.05) is 44.9 Å². The lowest BCUT2D eigenvalue weighted by molar-refractivity contribution is 0.0906. The smallest absolute Gasteiger partial charge is 0.166 e. The molecule has 2 rings (SSSR count). The first-order valence-electron chi connectivity index (χ1n) is 7.15. The lowest BCUT2D eigenvalue weighted by Gasteiger charge is -2.15. The topological polar surface area (TPSA) is 30.0 Å². The first kappa shape index (κ1) is 13.7. The van der Waals surface area contributed by atoms with Crippen molar-refractivity contribution in [3.05, 3.63) is 42.1 Å². The molecule has 0 saturated carbocycles. The van der Waals surface area contributed by atoms with Crippen LogP contribution in [-0.4, -0.2) is 10.8 Å². The minimum Gasteiger partial charge on any atom is -0.294 e. The van der Waals surface area contributed by atoms with Gasteiger partial charge in [-0.05, 0) is 25.0 Å². The molecule has 1 aromatic heterocycles. The molecule has 0 amide bonds. The Balaban J connectivity index is 2.39. The van der Waals surface area contributed by atoms with Crippen LogP contribution in [0.2, 0.25) is 0 Å². The van der Waals surface area contributed by atoms with Crippen LogP contribution in [0, 0.1) is 5.92 Å². The number of carbonyl (C=O) groups excluding carboxylic acids is 1. The number of Topliss-reactive ketones (excluding diaryl/α,β-unsaturated/α-hetero) is 1. The van der Waals surface area contributed by atoms with Crippen LogP contribution in [0.5, 0.6) is 0 Å². The molecule has 0 aliphatic rings. The fourth-order valence-electron chi connectivity index (χ4n) is 2.64. The van der Waals surface area contributed by atoms with Gasteiger partial charge in [-0.25, -0.2) is 0 Å². The molecule has 2 nitrogen and oxygen atoms in total. The van der Waals surface area contributed by atoms with Gasteiger partial charge >= 0.3 is 0 Å². The monoisotopic (exact) mass is 255 g/mol. The van der Waals surface area contributed by atoms with Crippen LogP contribution in [0.3, 0.4) is 0 Å². The Morgan fingerprint density at radius 1 is 1.11 bits per heavy atom. The van der Waals surface area contributed by atoms with E-state index >= 15 is 0 Å². The maximum absolute atomic E-state index is 12.7. The second-order valence-electron chi connectivity index (χ2n) is 5.01. The molecule has 0 aliphatic carbocycles. The number of hydrogen-bond donors (Lipinski definition) is 0. The molecule has 2 heteroatoms. The molecule has 0 spiro atoms. The molecule has 0 atom stereocenters. The number of hydrogen-bond acceptors (Lipinski definition) is 2. The lowest BCUT2D eigenvalue weighted by atomic mass is 9.88. The standard InChI is InChI=1S/C17H21NO/c1-3-7-13(8-4-2)17(19)15-9-5-11-16-14(15)10-6-12-18-16/h5-6,9-13H,3-4,7-8H2,1-2H3. The van der Waals surface area contributed by atoms with Crippen molar-refractivity contribution >= 4 is 16.7 Å². The van der Waals surface area contributed by atoms with Crippen molar-refractivity contribution in [3.8, 4) is 0 Å². The van der Waals surface area contributed by atoms with Crippen molar-refractivity contribution in [2.75, 3.05) is 0 Å². The summed E-state index contributed by atoms with van der Waals surface area (Å²) in [5.74, 6) is 0.433. The fraction of sp³-hybridized carbons (Fsp3) is 0.412. The second kappa shape index (κ2) is 6.46. The molecule has 19 heavy (non-hydrogen) atoms. The van der Waals surface area contributed by atoms with Crippen molar-refractivity contribution in [1.29, 1.82) is 0 Å². The predicted octanol–water partition coefficient (Wildman–Crippen LogP) is 4.63. The zero-order valence-corrected chi connectivity index (χ0v) is 11.7. The maximum atomic E-state index is 12.7. The molecule has 0 N–H and O–H groups in total. The number of nitrogens with zero attached hydrogens (tertiary/aromatic N) is 1. The van der Waals surface area contributed by atoms with E-state index < -0.39 is 0 Å². The number of rotatable bonds is 6. The Morgan fingerprint density at radius 3 is 2.53 bits per heavy atom. The Hall–Kier alpha value is -1.70. The largest absolute Gasteiger partial charge is 0.294 e. The van der Waals surface area contributed by atoms with E-state index in [2.05, 4.69) is 18.8 Å². The predicted molar refractivity (Wildman–Crippen MR) is 79.4 cm³/mol. The minimum atomic E-state index is 0.154. The normalized spacial score (nSPS) is 11.1. The van der Waals surface area contributed by atoms with Gasteiger partial charge in [-0.3, -0.25) is 9.78 Å². The average Bonchev–Trinajstić information content (AvgIpc) is 2.46. The molecule has 2 aromatic rings. The van der Waals surface area contributed by atoms with Crippen LogP contribution in [0.25, 0.3) is 10.9 Å². The van der Waals surface area contributed by atoms with Crippen LogP contribution in [0.4, 0.5) is 0 Å². The van der Waals surface area contributed by atoms with E-state index in [0.717, 1.165) is 42.1 Å². The summed E-state index contributed by atoms with van der Waals surface area (Å²) in [7, 11) is 0. The van der Waals surface area contributed by atoms with E-state index in [1.165, 1.54) is 0 Å². The van der Waals surface area contributed by atoms with Crippen molar-refractivity contribution in [3.63, 3.8) is 0 Å². The van der Waals surface area contributed by atoms with Gasteiger partial charge in [0, 0.05) is 23.1 Å². The lowest BCUT2D eigenvalue weighted by Crippen LogP contribution is -2.15.